The van der Waals surface area contributed by atoms with Gasteiger partial charge in [0, 0.05) is 6.42 Å². The number of hydrogen-bond acceptors (Lipinski definition) is 3. The zero-order chi connectivity index (χ0) is 10.8. The highest BCUT2D eigenvalue weighted by atomic mass is 127. The smallest absolute Gasteiger partial charge is 0.320 e. The van der Waals surface area contributed by atoms with Crippen LogP contribution >= 0.6 is 22.6 Å². The first-order valence-corrected chi connectivity index (χ1v) is 5.26. The summed E-state index contributed by atoms with van der Waals surface area (Å²) in [4.78, 5) is 10.5. The largest absolute Gasteiger partial charge is 0.480 e. The summed E-state index contributed by atoms with van der Waals surface area (Å²) in [6.07, 6.45) is 5.98. The molecule has 0 fully saturated rings. The SMILES string of the molecule is N[C@@H](CC1=CCC(O)(I)C=C1)C(=O)O. The number of carboxylic acids is 1. The molecular formula is C9H12INO3. The van der Waals surface area contributed by atoms with Gasteiger partial charge in [0.2, 0.25) is 0 Å². The van der Waals surface area contributed by atoms with Crippen LogP contribution in [0.15, 0.2) is 23.8 Å². The van der Waals surface area contributed by atoms with E-state index in [-0.39, 0.29) is 0 Å². The molecule has 1 unspecified atom stereocenters. The topological polar surface area (TPSA) is 83.5 Å². The predicted molar refractivity (Wildman–Crippen MR) is 61.0 cm³/mol. The minimum absolute atomic E-state index is 0.304. The maximum Gasteiger partial charge on any atom is 0.320 e. The molecule has 2 atom stereocenters. The Kier molecular flexibility index (Phi) is 3.68. The molecule has 0 amide bonds. The highest BCUT2D eigenvalue weighted by molar-refractivity contribution is 14.1. The van der Waals surface area contributed by atoms with Crippen LogP contribution in [0, 0.1) is 0 Å². The number of carboxylic acid groups (broad SMARTS) is 1. The summed E-state index contributed by atoms with van der Waals surface area (Å²) in [7, 11) is 0. The molecule has 0 aromatic carbocycles. The zero-order valence-corrected chi connectivity index (χ0v) is 9.64. The van der Waals surface area contributed by atoms with E-state index in [4.69, 9.17) is 10.8 Å². The number of aliphatic hydroxyl groups is 1. The van der Waals surface area contributed by atoms with Crippen LogP contribution in [-0.4, -0.2) is 25.8 Å². The Morgan fingerprint density at radius 2 is 2.43 bits per heavy atom. The number of rotatable bonds is 3. The van der Waals surface area contributed by atoms with Crippen LogP contribution in [0.5, 0.6) is 0 Å². The number of alkyl halides is 1. The highest BCUT2D eigenvalue weighted by Gasteiger charge is 2.21. The van der Waals surface area contributed by atoms with Gasteiger partial charge in [0.05, 0.1) is 0 Å². The molecule has 0 aromatic heterocycles. The Bertz CT molecular complexity index is 296. The molecule has 0 bridgehead atoms. The molecule has 1 aliphatic rings. The summed E-state index contributed by atoms with van der Waals surface area (Å²) in [5, 5.41) is 18.1. The average molecular weight is 309 g/mol. The van der Waals surface area contributed by atoms with Crippen LogP contribution in [0.3, 0.4) is 0 Å². The zero-order valence-electron chi connectivity index (χ0n) is 7.48. The van der Waals surface area contributed by atoms with Crippen LogP contribution in [0.4, 0.5) is 0 Å². The number of halogens is 1. The molecule has 0 aromatic rings. The van der Waals surface area contributed by atoms with Crippen LogP contribution in [-0.2, 0) is 4.79 Å². The third-order valence-corrected chi connectivity index (χ3v) is 2.78. The molecule has 0 radical (unpaired) electrons. The van der Waals surface area contributed by atoms with Crippen molar-refractivity contribution < 1.29 is 15.0 Å². The van der Waals surface area contributed by atoms with E-state index < -0.39 is 15.6 Å². The van der Waals surface area contributed by atoms with Crippen molar-refractivity contribution in [1.29, 1.82) is 0 Å². The molecule has 1 rings (SSSR count). The molecule has 78 valence electrons. The quantitative estimate of drug-likeness (QED) is 0.532. The molecule has 14 heavy (non-hydrogen) atoms. The lowest BCUT2D eigenvalue weighted by Gasteiger charge is -2.20. The van der Waals surface area contributed by atoms with Crippen LogP contribution in [0.25, 0.3) is 0 Å². The Balaban J connectivity index is 2.54. The summed E-state index contributed by atoms with van der Waals surface area (Å²) in [5.41, 5.74) is 6.24. The van der Waals surface area contributed by atoms with E-state index in [0.717, 1.165) is 5.57 Å². The first-order chi connectivity index (χ1) is 6.41. The highest BCUT2D eigenvalue weighted by Crippen LogP contribution is 2.28. The van der Waals surface area contributed by atoms with Gasteiger partial charge >= 0.3 is 5.97 Å². The van der Waals surface area contributed by atoms with Crippen LogP contribution < -0.4 is 5.73 Å². The first-order valence-electron chi connectivity index (χ1n) is 4.19. The van der Waals surface area contributed by atoms with Crippen LogP contribution in [0.1, 0.15) is 12.8 Å². The van der Waals surface area contributed by atoms with Crippen LogP contribution in [0.2, 0.25) is 0 Å². The normalized spacial score (nSPS) is 28.4. The third kappa shape index (κ3) is 3.39. The number of carbonyl (C=O) groups is 1. The molecule has 0 saturated heterocycles. The minimum Gasteiger partial charge on any atom is -0.480 e. The van der Waals surface area contributed by atoms with Crippen molar-refractivity contribution in [3.8, 4) is 0 Å². The molecule has 4 N–H and O–H groups in total. The third-order valence-electron chi connectivity index (χ3n) is 1.98. The van der Waals surface area contributed by atoms with E-state index in [2.05, 4.69) is 0 Å². The lowest BCUT2D eigenvalue weighted by atomic mass is 9.99. The molecular weight excluding hydrogens is 297 g/mol. The first kappa shape index (κ1) is 11.7. The van der Waals surface area contributed by atoms with E-state index >= 15 is 0 Å². The second-order valence-electron chi connectivity index (χ2n) is 3.28. The van der Waals surface area contributed by atoms with Gasteiger partial charge in [-0.1, -0.05) is 12.2 Å². The van der Waals surface area contributed by atoms with Gasteiger partial charge < -0.3 is 15.9 Å². The lowest BCUT2D eigenvalue weighted by molar-refractivity contribution is -0.138. The van der Waals surface area contributed by atoms with E-state index in [1.807, 2.05) is 28.7 Å². The Labute approximate surface area is 95.6 Å². The predicted octanol–water partition coefficient (Wildman–Crippen LogP) is 0.798. The number of allylic oxidation sites excluding steroid dienone is 1. The summed E-state index contributed by atoms with van der Waals surface area (Å²) in [5.74, 6) is -1.00. The maximum atomic E-state index is 10.5. The molecule has 0 aliphatic heterocycles. The summed E-state index contributed by atoms with van der Waals surface area (Å²) < 4.78 is -0.839. The van der Waals surface area contributed by atoms with E-state index in [1.54, 1.807) is 12.2 Å². The van der Waals surface area contributed by atoms with Gasteiger partial charge in [-0.15, -0.1) is 0 Å². The molecule has 0 heterocycles. The molecule has 0 spiro atoms. The Morgan fingerprint density at radius 3 is 2.86 bits per heavy atom. The van der Waals surface area contributed by atoms with Crippen molar-refractivity contribution in [2.24, 2.45) is 5.73 Å². The van der Waals surface area contributed by atoms with E-state index in [1.165, 1.54) is 0 Å². The summed E-state index contributed by atoms with van der Waals surface area (Å²) >= 11 is 1.92. The summed E-state index contributed by atoms with van der Waals surface area (Å²) in [6.45, 7) is 0. The van der Waals surface area contributed by atoms with Gasteiger partial charge in [0.15, 0.2) is 0 Å². The maximum absolute atomic E-state index is 10.5. The fraction of sp³-hybridized carbons (Fsp3) is 0.444. The average Bonchev–Trinajstić information content (AvgIpc) is 2.08. The molecule has 5 heteroatoms. The Morgan fingerprint density at radius 1 is 1.79 bits per heavy atom. The molecule has 4 nitrogen and oxygen atoms in total. The van der Waals surface area contributed by atoms with Crippen molar-refractivity contribution >= 4 is 28.6 Å². The number of aliphatic carboxylic acids is 1. The molecule has 1 aliphatic carbocycles. The van der Waals surface area contributed by atoms with E-state index in [0.29, 0.717) is 12.8 Å². The van der Waals surface area contributed by atoms with Crippen molar-refractivity contribution in [3.63, 3.8) is 0 Å². The van der Waals surface area contributed by atoms with Crippen molar-refractivity contribution in [2.45, 2.75) is 22.5 Å². The fourth-order valence-corrected chi connectivity index (χ4v) is 1.54. The van der Waals surface area contributed by atoms with Gasteiger partial charge in [0.1, 0.15) is 9.65 Å². The van der Waals surface area contributed by atoms with Crippen molar-refractivity contribution in [3.05, 3.63) is 23.8 Å². The fourth-order valence-electron chi connectivity index (χ4n) is 1.14. The van der Waals surface area contributed by atoms with Gasteiger partial charge in [0.25, 0.3) is 0 Å². The lowest BCUT2D eigenvalue weighted by Crippen LogP contribution is -2.30. The second kappa shape index (κ2) is 4.41. The minimum atomic E-state index is -1.00. The van der Waals surface area contributed by atoms with E-state index in [9.17, 15) is 9.90 Å². The van der Waals surface area contributed by atoms with Gasteiger partial charge in [-0.3, -0.25) is 4.79 Å². The summed E-state index contributed by atoms with van der Waals surface area (Å²) in [6, 6.07) is -0.869. The van der Waals surface area contributed by atoms with Crippen molar-refractivity contribution in [2.75, 3.05) is 0 Å². The molecule has 0 saturated carbocycles. The van der Waals surface area contributed by atoms with Gasteiger partial charge in [-0.25, -0.2) is 0 Å². The Hall–Kier alpha value is -0.400. The van der Waals surface area contributed by atoms with Gasteiger partial charge in [-0.2, -0.15) is 0 Å². The standard InChI is InChI=1S/C9H12INO3/c10-9(14)3-1-6(2-4-9)5-7(11)8(12)13/h1-3,7,14H,4-5,11H2,(H,12,13)/t7-,9?/m0/s1. The second-order valence-corrected chi connectivity index (χ2v) is 5.15. The number of hydrogen-bond donors (Lipinski definition) is 3. The van der Waals surface area contributed by atoms with Gasteiger partial charge in [-0.05, 0) is 40.7 Å². The number of nitrogens with two attached hydrogens (primary N) is 1. The monoisotopic (exact) mass is 309 g/mol. The van der Waals surface area contributed by atoms with Crippen molar-refractivity contribution in [1.82, 2.24) is 0 Å².